The molecule has 0 saturated heterocycles. The van der Waals surface area contributed by atoms with Gasteiger partial charge >= 0.3 is 0 Å². The van der Waals surface area contributed by atoms with Gasteiger partial charge in [0.05, 0.1) is 5.75 Å². The van der Waals surface area contributed by atoms with E-state index in [4.69, 9.17) is 5.73 Å². The van der Waals surface area contributed by atoms with Gasteiger partial charge in [0.15, 0.2) is 0 Å². The molecule has 1 aliphatic rings. The van der Waals surface area contributed by atoms with Crippen LogP contribution >= 0.6 is 12.4 Å². The van der Waals surface area contributed by atoms with E-state index in [0.29, 0.717) is 18.9 Å². The standard InChI is InChI=1S/C12H26N2O2S.ClH/c1-3-4-9-17(15,16)14-12(10-13)8-6-5-7-11(12)2;/h11,14H,3-10,13H2,1-2H3;1H. The molecule has 4 nitrogen and oxygen atoms in total. The maximum atomic E-state index is 12.0. The van der Waals surface area contributed by atoms with Crippen molar-refractivity contribution in [2.75, 3.05) is 12.3 Å². The fourth-order valence-electron chi connectivity index (χ4n) is 2.61. The number of sulfonamides is 1. The highest BCUT2D eigenvalue weighted by Crippen LogP contribution is 2.33. The highest BCUT2D eigenvalue weighted by molar-refractivity contribution is 7.89. The van der Waals surface area contributed by atoms with Crippen molar-refractivity contribution in [2.24, 2.45) is 11.7 Å². The molecule has 110 valence electrons. The number of rotatable bonds is 6. The Balaban J connectivity index is 0.00000289. The van der Waals surface area contributed by atoms with Gasteiger partial charge in [0.25, 0.3) is 0 Å². The van der Waals surface area contributed by atoms with Crippen molar-refractivity contribution in [3.8, 4) is 0 Å². The quantitative estimate of drug-likeness (QED) is 0.788. The van der Waals surface area contributed by atoms with Gasteiger partial charge in [-0.05, 0) is 25.2 Å². The van der Waals surface area contributed by atoms with E-state index in [-0.39, 0.29) is 18.2 Å². The lowest BCUT2D eigenvalue weighted by molar-refractivity contribution is 0.191. The molecule has 0 bridgehead atoms. The average Bonchev–Trinajstić information content (AvgIpc) is 2.29. The smallest absolute Gasteiger partial charge is 0.212 e. The number of unbranched alkanes of at least 4 members (excludes halogenated alkanes) is 1. The minimum atomic E-state index is -3.18. The largest absolute Gasteiger partial charge is 0.329 e. The van der Waals surface area contributed by atoms with E-state index in [9.17, 15) is 8.42 Å². The number of halogens is 1. The summed E-state index contributed by atoms with van der Waals surface area (Å²) in [7, 11) is -3.18. The Labute approximate surface area is 118 Å². The number of hydrogen-bond acceptors (Lipinski definition) is 3. The highest BCUT2D eigenvalue weighted by Gasteiger charge is 2.39. The van der Waals surface area contributed by atoms with Crippen LogP contribution in [0.5, 0.6) is 0 Å². The Morgan fingerprint density at radius 2 is 2.06 bits per heavy atom. The Bertz CT molecular complexity index is 335. The Kier molecular flexibility index (Phi) is 7.75. The Morgan fingerprint density at radius 1 is 1.39 bits per heavy atom. The van der Waals surface area contributed by atoms with Crippen molar-refractivity contribution in [2.45, 2.75) is 57.9 Å². The third-order valence-electron chi connectivity index (χ3n) is 3.94. The minimum absolute atomic E-state index is 0. The van der Waals surface area contributed by atoms with E-state index >= 15 is 0 Å². The predicted octanol–water partition coefficient (Wildman–Crippen LogP) is 2.04. The third kappa shape index (κ3) is 4.68. The molecule has 2 unspecified atom stereocenters. The second-order valence-corrected chi connectivity index (χ2v) is 7.12. The molecule has 1 saturated carbocycles. The van der Waals surface area contributed by atoms with Gasteiger partial charge in [-0.1, -0.05) is 33.1 Å². The van der Waals surface area contributed by atoms with Gasteiger partial charge in [-0.2, -0.15) is 0 Å². The molecular weight excluding hydrogens is 272 g/mol. The maximum absolute atomic E-state index is 12.0. The molecule has 18 heavy (non-hydrogen) atoms. The van der Waals surface area contributed by atoms with Crippen molar-refractivity contribution in [1.82, 2.24) is 4.72 Å². The van der Waals surface area contributed by atoms with Crippen LogP contribution in [0.4, 0.5) is 0 Å². The van der Waals surface area contributed by atoms with Crippen LogP contribution in [-0.2, 0) is 10.0 Å². The summed E-state index contributed by atoms with van der Waals surface area (Å²) in [4.78, 5) is 0. The first-order valence-corrected chi connectivity index (χ1v) is 8.33. The molecule has 0 amide bonds. The van der Waals surface area contributed by atoms with E-state index in [2.05, 4.69) is 11.6 Å². The molecule has 0 aliphatic heterocycles. The van der Waals surface area contributed by atoms with Crippen molar-refractivity contribution < 1.29 is 8.42 Å². The number of nitrogens with one attached hydrogen (secondary N) is 1. The fourth-order valence-corrected chi connectivity index (χ4v) is 4.38. The molecule has 0 spiro atoms. The summed E-state index contributed by atoms with van der Waals surface area (Å²) in [6.07, 6.45) is 5.79. The van der Waals surface area contributed by atoms with E-state index in [0.717, 1.165) is 25.7 Å². The summed E-state index contributed by atoms with van der Waals surface area (Å²) in [6, 6.07) is 0. The molecule has 0 aromatic rings. The fraction of sp³-hybridized carbons (Fsp3) is 1.00. The first-order valence-electron chi connectivity index (χ1n) is 6.67. The topological polar surface area (TPSA) is 72.2 Å². The molecule has 2 atom stereocenters. The zero-order valence-corrected chi connectivity index (χ0v) is 13.1. The lowest BCUT2D eigenvalue weighted by atomic mass is 9.74. The molecule has 6 heteroatoms. The molecule has 1 rings (SSSR count). The summed E-state index contributed by atoms with van der Waals surface area (Å²) in [5.41, 5.74) is 5.44. The van der Waals surface area contributed by atoms with Crippen LogP contribution in [0, 0.1) is 5.92 Å². The average molecular weight is 299 g/mol. The first kappa shape index (κ1) is 18.2. The maximum Gasteiger partial charge on any atom is 0.212 e. The summed E-state index contributed by atoms with van der Waals surface area (Å²) in [6.45, 7) is 4.51. The van der Waals surface area contributed by atoms with Gasteiger partial charge in [-0.3, -0.25) is 0 Å². The molecule has 3 N–H and O–H groups in total. The summed E-state index contributed by atoms with van der Waals surface area (Å²) in [5, 5.41) is 0. The Morgan fingerprint density at radius 3 is 2.56 bits per heavy atom. The van der Waals surface area contributed by atoms with Gasteiger partial charge in [-0.25, -0.2) is 13.1 Å². The van der Waals surface area contributed by atoms with E-state index in [1.54, 1.807) is 0 Å². The zero-order chi connectivity index (χ0) is 12.9. The molecule has 0 heterocycles. The van der Waals surface area contributed by atoms with Crippen LogP contribution in [0.2, 0.25) is 0 Å². The van der Waals surface area contributed by atoms with Gasteiger partial charge in [0.2, 0.25) is 10.0 Å². The van der Waals surface area contributed by atoms with Gasteiger partial charge in [-0.15, -0.1) is 12.4 Å². The van der Waals surface area contributed by atoms with Crippen LogP contribution in [0.25, 0.3) is 0 Å². The third-order valence-corrected chi connectivity index (χ3v) is 5.49. The van der Waals surface area contributed by atoms with Crippen molar-refractivity contribution in [1.29, 1.82) is 0 Å². The van der Waals surface area contributed by atoms with Crippen molar-refractivity contribution in [3.05, 3.63) is 0 Å². The SMILES string of the molecule is CCCCS(=O)(=O)NC1(CN)CCCCC1C.Cl. The van der Waals surface area contributed by atoms with E-state index in [1.807, 2.05) is 6.92 Å². The molecule has 1 fully saturated rings. The molecule has 0 aromatic heterocycles. The summed E-state index contributed by atoms with van der Waals surface area (Å²) < 4.78 is 26.9. The predicted molar refractivity (Wildman–Crippen MR) is 78.5 cm³/mol. The lowest BCUT2D eigenvalue weighted by Gasteiger charge is -2.42. The zero-order valence-electron chi connectivity index (χ0n) is 11.4. The normalized spacial score (nSPS) is 28.7. The number of nitrogens with two attached hydrogens (primary N) is 1. The number of hydrogen-bond donors (Lipinski definition) is 2. The summed E-state index contributed by atoms with van der Waals surface area (Å²) >= 11 is 0. The van der Waals surface area contributed by atoms with Crippen LogP contribution in [0.15, 0.2) is 0 Å². The first-order chi connectivity index (χ1) is 7.96. The lowest BCUT2D eigenvalue weighted by Crippen LogP contribution is -2.59. The molecular formula is C12H27ClN2O2S. The molecule has 1 aliphatic carbocycles. The second kappa shape index (κ2) is 7.68. The second-order valence-electron chi connectivity index (χ2n) is 5.28. The van der Waals surface area contributed by atoms with E-state index in [1.165, 1.54) is 6.42 Å². The minimum Gasteiger partial charge on any atom is -0.329 e. The monoisotopic (exact) mass is 298 g/mol. The Hall–Kier alpha value is 0.160. The summed E-state index contributed by atoms with van der Waals surface area (Å²) in [5.74, 6) is 0.551. The van der Waals surface area contributed by atoms with Gasteiger partial charge in [0.1, 0.15) is 0 Å². The molecule has 0 aromatic carbocycles. The van der Waals surface area contributed by atoms with Crippen molar-refractivity contribution >= 4 is 22.4 Å². The van der Waals surface area contributed by atoms with Gasteiger partial charge < -0.3 is 5.73 Å². The van der Waals surface area contributed by atoms with Gasteiger partial charge in [0, 0.05) is 12.1 Å². The van der Waals surface area contributed by atoms with Crippen LogP contribution in [0.1, 0.15) is 52.4 Å². The highest BCUT2D eigenvalue weighted by atomic mass is 35.5. The molecule has 0 radical (unpaired) electrons. The van der Waals surface area contributed by atoms with Crippen molar-refractivity contribution in [3.63, 3.8) is 0 Å². The van der Waals surface area contributed by atoms with Crippen LogP contribution < -0.4 is 10.5 Å². The van der Waals surface area contributed by atoms with E-state index < -0.39 is 15.6 Å². The van der Waals surface area contributed by atoms with Crippen LogP contribution in [0.3, 0.4) is 0 Å². The van der Waals surface area contributed by atoms with Crippen LogP contribution in [-0.4, -0.2) is 26.3 Å².